The number of likely N-dealkylation sites (tertiary alicyclic amines) is 1. The van der Waals surface area contributed by atoms with Gasteiger partial charge in [0.2, 0.25) is 12.4 Å². The van der Waals surface area contributed by atoms with E-state index < -0.39 is 11.8 Å². The van der Waals surface area contributed by atoms with Crippen LogP contribution in [0, 0.1) is 0 Å². The predicted octanol–water partition coefficient (Wildman–Crippen LogP) is 6.19. The van der Waals surface area contributed by atoms with Crippen molar-refractivity contribution in [3.63, 3.8) is 0 Å². The maximum absolute atomic E-state index is 13.7. The Bertz CT molecular complexity index is 1640. The number of amides is 1. The highest BCUT2D eigenvalue weighted by molar-refractivity contribution is 6.30. The van der Waals surface area contributed by atoms with Crippen LogP contribution in [-0.4, -0.2) is 94.6 Å². The van der Waals surface area contributed by atoms with Crippen molar-refractivity contribution in [2.45, 2.75) is 50.0 Å². The first-order valence-corrected chi connectivity index (χ1v) is 16.1. The lowest BCUT2D eigenvalue weighted by Gasteiger charge is -2.43. The summed E-state index contributed by atoms with van der Waals surface area (Å²) in [5.74, 6) is 0.460. The van der Waals surface area contributed by atoms with Gasteiger partial charge in [-0.15, -0.1) is 5.10 Å². The summed E-state index contributed by atoms with van der Waals surface area (Å²) >= 11 is 6.08. The van der Waals surface area contributed by atoms with E-state index in [1.807, 2.05) is 66.7 Å². The summed E-state index contributed by atoms with van der Waals surface area (Å²) in [6, 6.07) is 18.9. The van der Waals surface area contributed by atoms with Crippen LogP contribution in [0.5, 0.6) is 0 Å². The largest absolute Gasteiger partial charge is 0.483 e. The van der Waals surface area contributed by atoms with Crippen LogP contribution in [0.1, 0.15) is 48.0 Å². The number of aromatic nitrogens is 3. The quantitative estimate of drug-likeness (QED) is 0.215. The van der Waals surface area contributed by atoms with Crippen LogP contribution in [0.25, 0.3) is 5.65 Å². The standard InChI is InChI=1S/C33H38ClF2N7O.CH2O2/c1-40-18-13-27(14-19-40)41(2)31(44)23-5-11-26(12-6-23)37-32-38-30-28(4-3-17-43(30)39-32)42-20-15-33(16-21-42,22-29(35)36)24-7-9-25(34)10-8-24;2-1-3/h3-12,17,27,29H,13-16,18-22H2,1-2H3,(H,37,39);1H,(H,2,3). The van der Waals surface area contributed by atoms with Crippen LogP contribution in [-0.2, 0) is 10.2 Å². The number of carboxylic acid groups (broad SMARTS) is 1. The summed E-state index contributed by atoms with van der Waals surface area (Å²) in [6.07, 6.45) is 2.43. The fourth-order valence-electron chi connectivity index (χ4n) is 6.65. The van der Waals surface area contributed by atoms with Crippen LogP contribution in [0.15, 0.2) is 66.9 Å². The molecule has 2 aliphatic rings. The third-order valence-electron chi connectivity index (χ3n) is 9.35. The minimum atomic E-state index is -2.39. The Labute approximate surface area is 277 Å². The van der Waals surface area contributed by atoms with Crippen molar-refractivity contribution in [2.75, 3.05) is 50.5 Å². The lowest BCUT2D eigenvalue weighted by atomic mass is 9.70. The van der Waals surface area contributed by atoms with Gasteiger partial charge in [0, 0.05) is 60.5 Å². The number of halogens is 3. The number of pyridine rings is 1. The summed E-state index contributed by atoms with van der Waals surface area (Å²) in [7, 11) is 4.00. The van der Waals surface area contributed by atoms with E-state index in [1.165, 1.54) is 0 Å². The van der Waals surface area contributed by atoms with Gasteiger partial charge < -0.3 is 25.1 Å². The highest BCUT2D eigenvalue weighted by atomic mass is 35.5. The molecule has 2 saturated heterocycles. The molecule has 6 rings (SSSR count). The average molecular weight is 668 g/mol. The van der Waals surface area contributed by atoms with Crippen LogP contribution >= 0.6 is 11.6 Å². The van der Waals surface area contributed by atoms with E-state index in [0.29, 0.717) is 48.1 Å². The monoisotopic (exact) mass is 667 g/mol. The third kappa shape index (κ3) is 7.99. The van der Waals surface area contributed by atoms with Gasteiger partial charge in [-0.05, 0) is 99.9 Å². The number of hydrogen-bond donors (Lipinski definition) is 2. The fraction of sp³-hybridized carbons (Fsp3) is 0.412. The van der Waals surface area contributed by atoms with Gasteiger partial charge >= 0.3 is 0 Å². The number of anilines is 3. The fourth-order valence-corrected chi connectivity index (χ4v) is 6.78. The third-order valence-corrected chi connectivity index (χ3v) is 9.60. The number of piperidine rings is 2. The molecule has 0 unspecified atom stereocenters. The highest BCUT2D eigenvalue weighted by Gasteiger charge is 2.39. The van der Waals surface area contributed by atoms with Crippen LogP contribution in [0.4, 0.5) is 26.1 Å². The van der Waals surface area contributed by atoms with Crippen molar-refractivity contribution in [3.8, 4) is 0 Å². The molecule has 4 heterocycles. The van der Waals surface area contributed by atoms with Crippen molar-refractivity contribution in [1.82, 2.24) is 24.4 Å². The molecule has 0 radical (unpaired) electrons. The van der Waals surface area contributed by atoms with Crippen molar-refractivity contribution in [2.24, 2.45) is 0 Å². The highest BCUT2D eigenvalue weighted by Crippen LogP contribution is 2.42. The summed E-state index contributed by atoms with van der Waals surface area (Å²) in [5.41, 5.74) is 3.33. The van der Waals surface area contributed by atoms with Gasteiger partial charge in [0.05, 0.1) is 5.69 Å². The van der Waals surface area contributed by atoms with Crippen molar-refractivity contribution >= 4 is 47.0 Å². The van der Waals surface area contributed by atoms with E-state index in [1.54, 1.807) is 16.6 Å². The molecule has 0 saturated carbocycles. The Kier molecular flexibility index (Phi) is 10.9. The Morgan fingerprint density at radius 3 is 2.34 bits per heavy atom. The molecular weight excluding hydrogens is 628 g/mol. The molecule has 13 heteroatoms. The molecule has 0 bridgehead atoms. The summed E-state index contributed by atoms with van der Waals surface area (Å²) in [4.78, 5) is 32.6. The molecule has 2 aromatic carbocycles. The maximum atomic E-state index is 13.7. The number of benzene rings is 2. The zero-order valence-corrected chi connectivity index (χ0v) is 27.3. The second kappa shape index (κ2) is 15.1. The molecule has 47 heavy (non-hydrogen) atoms. The number of nitrogens with one attached hydrogen (secondary N) is 1. The van der Waals surface area contributed by atoms with Crippen molar-refractivity contribution < 1.29 is 23.5 Å². The van der Waals surface area contributed by atoms with Gasteiger partial charge in [-0.2, -0.15) is 4.98 Å². The Morgan fingerprint density at radius 1 is 1.09 bits per heavy atom. The predicted molar refractivity (Wildman–Crippen MR) is 179 cm³/mol. The first-order chi connectivity index (χ1) is 22.6. The van der Waals surface area contributed by atoms with E-state index >= 15 is 0 Å². The number of carbonyl (C=O) groups excluding carboxylic acids is 1. The molecule has 0 spiro atoms. The van der Waals surface area contributed by atoms with E-state index in [2.05, 4.69) is 27.3 Å². The Balaban J connectivity index is 0.00000139. The Morgan fingerprint density at radius 2 is 1.72 bits per heavy atom. The topological polar surface area (TPSA) is 106 Å². The normalized spacial score (nSPS) is 16.9. The molecule has 2 aromatic heterocycles. The van der Waals surface area contributed by atoms with Crippen LogP contribution in [0.3, 0.4) is 0 Å². The second-order valence-electron chi connectivity index (χ2n) is 12.2. The number of nitrogens with zero attached hydrogens (tertiary/aromatic N) is 6. The van der Waals surface area contributed by atoms with Crippen molar-refractivity contribution in [1.29, 1.82) is 0 Å². The molecule has 2 N–H and O–H groups in total. The number of rotatable bonds is 8. The molecule has 0 aliphatic carbocycles. The average Bonchev–Trinajstić information content (AvgIpc) is 3.48. The van der Waals surface area contributed by atoms with Crippen LogP contribution < -0.4 is 10.2 Å². The number of hydrogen-bond acceptors (Lipinski definition) is 7. The van der Waals surface area contributed by atoms with Gasteiger partial charge in [-0.3, -0.25) is 9.59 Å². The van der Waals surface area contributed by atoms with E-state index in [-0.39, 0.29) is 24.8 Å². The zero-order chi connectivity index (χ0) is 33.6. The first kappa shape index (κ1) is 34.1. The minimum absolute atomic E-state index is 0.0248. The van der Waals surface area contributed by atoms with E-state index in [0.717, 1.165) is 42.9 Å². The molecule has 4 aromatic rings. The smallest absolute Gasteiger partial charge is 0.290 e. The Hall–Kier alpha value is -4.29. The first-order valence-electron chi connectivity index (χ1n) is 15.7. The van der Waals surface area contributed by atoms with Gasteiger partial charge in [0.1, 0.15) is 0 Å². The lowest BCUT2D eigenvalue weighted by molar-refractivity contribution is -0.122. The maximum Gasteiger partial charge on any atom is 0.290 e. The zero-order valence-electron chi connectivity index (χ0n) is 26.5. The van der Waals surface area contributed by atoms with Crippen molar-refractivity contribution in [3.05, 3.63) is 83.0 Å². The van der Waals surface area contributed by atoms with E-state index in [4.69, 9.17) is 26.5 Å². The van der Waals surface area contributed by atoms with Gasteiger partial charge in [-0.25, -0.2) is 13.3 Å². The molecule has 10 nitrogen and oxygen atoms in total. The molecule has 1 amide bonds. The van der Waals surface area contributed by atoms with Gasteiger partial charge in [0.15, 0.2) is 5.65 Å². The van der Waals surface area contributed by atoms with Gasteiger partial charge in [-0.1, -0.05) is 23.7 Å². The molecule has 250 valence electrons. The lowest BCUT2D eigenvalue weighted by Crippen LogP contribution is -2.44. The molecule has 2 fully saturated rings. The SMILES string of the molecule is CN1CCC(N(C)C(=O)c2ccc(Nc3nc4c(N5CCC(CC(F)F)(c6ccc(Cl)cc6)CC5)cccn4n3)cc2)CC1.O=CO. The molecule has 0 atom stereocenters. The number of carbonyl (C=O) groups is 2. The second-order valence-corrected chi connectivity index (χ2v) is 12.7. The minimum Gasteiger partial charge on any atom is -0.483 e. The van der Waals surface area contributed by atoms with Gasteiger partial charge in [0.25, 0.3) is 12.4 Å². The summed E-state index contributed by atoms with van der Waals surface area (Å²) in [6.45, 7) is 2.98. The summed E-state index contributed by atoms with van der Waals surface area (Å²) < 4.78 is 29.2. The van der Waals surface area contributed by atoms with Crippen LogP contribution in [0.2, 0.25) is 5.02 Å². The van der Waals surface area contributed by atoms with E-state index in [9.17, 15) is 13.6 Å². The molecular formula is C34H40ClF2N7O3. The summed E-state index contributed by atoms with van der Waals surface area (Å²) in [5, 5.41) is 15.4. The number of fused-ring (bicyclic) bond motifs is 1. The number of alkyl halides is 2. The molecule has 2 aliphatic heterocycles.